The number of nitrogens with one attached hydrogen (secondary N) is 2. The van der Waals surface area contributed by atoms with Gasteiger partial charge in [0.2, 0.25) is 0 Å². The average molecular weight is 217 g/mol. The molecule has 1 amide bonds. The fourth-order valence-corrected chi connectivity index (χ4v) is 0.932. The van der Waals surface area contributed by atoms with E-state index in [9.17, 15) is 4.79 Å². The van der Waals surface area contributed by atoms with Crippen LogP contribution in [0.3, 0.4) is 0 Å². The van der Waals surface area contributed by atoms with Gasteiger partial charge in [-0.25, -0.2) is 4.79 Å². The molecule has 0 aliphatic carbocycles. The maximum Gasteiger partial charge on any atom is 0.408 e. The van der Waals surface area contributed by atoms with Crippen LogP contribution in [0.1, 0.15) is 33.6 Å². The van der Waals surface area contributed by atoms with E-state index in [2.05, 4.69) is 10.6 Å². The summed E-state index contributed by atoms with van der Waals surface area (Å²) in [5, 5.41) is 5.68. The Morgan fingerprint density at radius 1 is 1.33 bits per heavy atom. The van der Waals surface area contributed by atoms with E-state index >= 15 is 0 Å². The van der Waals surface area contributed by atoms with Crippen LogP contribution in [0, 0.1) is 0 Å². The summed E-state index contributed by atoms with van der Waals surface area (Å²) >= 11 is 0. The number of nitrogens with two attached hydrogens (primary N) is 1. The zero-order chi connectivity index (χ0) is 11.7. The summed E-state index contributed by atoms with van der Waals surface area (Å²) in [5.41, 5.74) is 4.90. The highest BCUT2D eigenvalue weighted by molar-refractivity contribution is 5.67. The monoisotopic (exact) mass is 217 g/mol. The second-order valence-corrected chi connectivity index (χ2v) is 4.35. The number of hydrogen-bond donors (Lipinski definition) is 3. The van der Waals surface area contributed by atoms with Crippen molar-refractivity contribution in [2.75, 3.05) is 19.8 Å². The Hall–Kier alpha value is -0.810. The molecule has 0 heterocycles. The van der Waals surface area contributed by atoms with Gasteiger partial charge >= 0.3 is 6.09 Å². The molecule has 0 aliphatic heterocycles. The molecule has 0 aromatic heterocycles. The van der Waals surface area contributed by atoms with Gasteiger partial charge in [-0.15, -0.1) is 0 Å². The van der Waals surface area contributed by atoms with Gasteiger partial charge in [0, 0.05) is 0 Å². The molecular formula is C10H23N3O2. The van der Waals surface area contributed by atoms with E-state index in [0.29, 0.717) is 13.2 Å². The number of rotatable bonds is 6. The van der Waals surface area contributed by atoms with Crippen LogP contribution in [0.4, 0.5) is 4.79 Å². The van der Waals surface area contributed by atoms with Crippen LogP contribution in [0.2, 0.25) is 0 Å². The van der Waals surface area contributed by atoms with E-state index in [1.807, 2.05) is 20.8 Å². The fourth-order valence-electron chi connectivity index (χ4n) is 0.932. The molecule has 4 N–H and O–H groups in total. The molecule has 90 valence electrons. The molecule has 0 rings (SSSR count). The van der Waals surface area contributed by atoms with Crippen molar-refractivity contribution >= 4 is 6.09 Å². The van der Waals surface area contributed by atoms with Gasteiger partial charge in [-0.05, 0) is 46.7 Å². The van der Waals surface area contributed by atoms with Gasteiger partial charge in [0.15, 0.2) is 0 Å². The summed E-state index contributed by atoms with van der Waals surface area (Å²) in [7, 11) is 0. The highest BCUT2D eigenvalue weighted by atomic mass is 16.6. The average Bonchev–Trinajstić information content (AvgIpc) is 2.08. The van der Waals surface area contributed by atoms with Gasteiger partial charge < -0.3 is 15.8 Å². The fraction of sp³-hybridized carbons (Fsp3) is 0.900. The Balaban J connectivity index is 3.32. The first-order chi connectivity index (χ1) is 6.95. The van der Waals surface area contributed by atoms with E-state index in [-0.39, 0.29) is 0 Å². The number of amides is 1. The highest BCUT2D eigenvalue weighted by Crippen LogP contribution is 2.05. The molecule has 0 atom stereocenters. The third-order valence-corrected chi connectivity index (χ3v) is 1.56. The summed E-state index contributed by atoms with van der Waals surface area (Å²) in [6.45, 7) is 7.50. The predicted octanol–water partition coefficient (Wildman–Crippen LogP) is 0.797. The highest BCUT2D eigenvalue weighted by Gasteiger charge is 2.15. The van der Waals surface area contributed by atoms with E-state index < -0.39 is 11.7 Å². The second kappa shape index (κ2) is 7.48. The molecule has 15 heavy (non-hydrogen) atoms. The van der Waals surface area contributed by atoms with Crippen LogP contribution in [0.5, 0.6) is 0 Å². The number of carbonyl (C=O) groups is 1. The van der Waals surface area contributed by atoms with Crippen molar-refractivity contribution < 1.29 is 9.53 Å². The van der Waals surface area contributed by atoms with Crippen molar-refractivity contribution in [1.29, 1.82) is 0 Å². The Morgan fingerprint density at radius 3 is 2.53 bits per heavy atom. The Bertz CT molecular complexity index is 178. The van der Waals surface area contributed by atoms with Gasteiger partial charge in [-0.1, -0.05) is 0 Å². The van der Waals surface area contributed by atoms with Crippen LogP contribution in [0.25, 0.3) is 0 Å². The van der Waals surface area contributed by atoms with Crippen LogP contribution < -0.4 is 16.4 Å². The lowest BCUT2D eigenvalue weighted by Gasteiger charge is -2.19. The normalized spacial score (nSPS) is 11.2. The Kier molecular flexibility index (Phi) is 7.07. The van der Waals surface area contributed by atoms with Gasteiger partial charge in [-0.2, -0.15) is 0 Å². The smallest absolute Gasteiger partial charge is 0.408 e. The summed E-state index contributed by atoms with van der Waals surface area (Å²) in [4.78, 5) is 11.2. The molecule has 5 heteroatoms. The van der Waals surface area contributed by atoms with Crippen molar-refractivity contribution in [3.8, 4) is 0 Å². The van der Waals surface area contributed by atoms with Crippen LogP contribution in [-0.2, 0) is 4.74 Å². The Labute approximate surface area is 91.7 Å². The lowest BCUT2D eigenvalue weighted by atomic mass is 10.2. The first-order valence-corrected chi connectivity index (χ1v) is 5.33. The molecule has 0 fully saturated rings. The molecule has 0 saturated heterocycles. The van der Waals surface area contributed by atoms with Crippen molar-refractivity contribution in [3.05, 3.63) is 0 Å². The molecular weight excluding hydrogens is 194 g/mol. The van der Waals surface area contributed by atoms with Crippen molar-refractivity contribution in [2.45, 2.75) is 39.2 Å². The minimum Gasteiger partial charge on any atom is -0.444 e. The van der Waals surface area contributed by atoms with Crippen molar-refractivity contribution in [3.63, 3.8) is 0 Å². The summed E-state index contributed by atoms with van der Waals surface area (Å²) in [6.07, 6.45) is 1.63. The number of hydrogen-bond acceptors (Lipinski definition) is 4. The topological polar surface area (TPSA) is 76.4 Å². The number of alkyl carbamates (subject to hydrolysis) is 1. The first-order valence-electron chi connectivity index (χ1n) is 5.33. The van der Waals surface area contributed by atoms with Crippen molar-refractivity contribution in [2.24, 2.45) is 5.73 Å². The molecule has 0 bridgehead atoms. The molecule has 0 aromatic carbocycles. The zero-order valence-electron chi connectivity index (χ0n) is 9.93. The van der Waals surface area contributed by atoms with Gasteiger partial charge in [0.25, 0.3) is 0 Å². The van der Waals surface area contributed by atoms with Crippen LogP contribution >= 0.6 is 0 Å². The van der Waals surface area contributed by atoms with E-state index in [4.69, 9.17) is 10.5 Å². The van der Waals surface area contributed by atoms with Gasteiger partial charge in [0.05, 0.1) is 6.67 Å². The molecule has 0 radical (unpaired) electrons. The molecule has 5 nitrogen and oxygen atoms in total. The minimum atomic E-state index is -0.441. The lowest BCUT2D eigenvalue weighted by molar-refractivity contribution is 0.0523. The van der Waals surface area contributed by atoms with Gasteiger partial charge in [0.1, 0.15) is 5.60 Å². The standard InChI is InChI=1S/C10H23N3O2/c1-10(2,3)15-9(14)13-8-12-7-5-4-6-11/h12H,4-8,11H2,1-3H3,(H,13,14). The molecule has 0 spiro atoms. The SMILES string of the molecule is CC(C)(C)OC(=O)NCNCCCCN. The quantitative estimate of drug-likeness (QED) is 0.454. The second-order valence-electron chi connectivity index (χ2n) is 4.35. The maximum atomic E-state index is 11.2. The largest absolute Gasteiger partial charge is 0.444 e. The molecule has 0 aromatic rings. The maximum absolute atomic E-state index is 11.2. The minimum absolute atomic E-state index is 0.395. The van der Waals surface area contributed by atoms with Crippen LogP contribution in [-0.4, -0.2) is 31.5 Å². The van der Waals surface area contributed by atoms with Crippen molar-refractivity contribution in [1.82, 2.24) is 10.6 Å². The van der Waals surface area contributed by atoms with E-state index in [1.165, 1.54) is 0 Å². The number of unbranched alkanes of at least 4 members (excludes halogenated alkanes) is 1. The molecule has 0 saturated carbocycles. The number of ether oxygens (including phenoxy) is 1. The third kappa shape index (κ3) is 11.1. The van der Waals surface area contributed by atoms with E-state index in [0.717, 1.165) is 19.4 Å². The number of carbonyl (C=O) groups excluding carboxylic acids is 1. The zero-order valence-corrected chi connectivity index (χ0v) is 9.93. The summed E-state index contributed by atoms with van der Waals surface area (Å²) < 4.78 is 5.06. The predicted molar refractivity (Wildman–Crippen MR) is 60.5 cm³/mol. The van der Waals surface area contributed by atoms with Gasteiger partial charge in [-0.3, -0.25) is 5.32 Å². The van der Waals surface area contributed by atoms with Crippen LogP contribution in [0.15, 0.2) is 0 Å². The molecule has 0 aliphatic rings. The summed E-state index contributed by atoms with van der Waals surface area (Å²) in [5.74, 6) is 0. The van der Waals surface area contributed by atoms with E-state index in [1.54, 1.807) is 0 Å². The summed E-state index contributed by atoms with van der Waals surface area (Å²) in [6, 6.07) is 0. The third-order valence-electron chi connectivity index (χ3n) is 1.56. The Morgan fingerprint density at radius 2 is 2.00 bits per heavy atom. The molecule has 0 unspecified atom stereocenters. The lowest BCUT2D eigenvalue weighted by Crippen LogP contribution is -2.38. The first kappa shape index (κ1) is 14.2.